The lowest BCUT2D eigenvalue weighted by Crippen LogP contribution is -2.23. The van der Waals surface area contributed by atoms with Gasteiger partial charge in [0.1, 0.15) is 28.9 Å². The summed E-state index contributed by atoms with van der Waals surface area (Å²) in [6, 6.07) is 13.6. The van der Waals surface area contributed by atoms with Gasteiger partial charge in [0.05, 0.1) is 5.56 Å². The highest BCUT2D eigenvalue weighted by Gasteiger charge is 2.25. The smallest absolute Gasteiger partial charge is 0.383 e. The molecule has 0 aliphatic heterocycles. The van der Waals surface area contributed by atoms with Crippen LogP contribution >= 0.6 is 0 Å². The van der Waals surface area contributed by atoms with Crippen LogP contribution in [0.5, 0.6) is 17.2 Å². The Balaban J connectivity index is 2.04. The molecule has 0 aliphatic rings. The fourth-order valence-corrected chi connectivity index (χ4v) is 3.50. The van der Waals surface area contributed by atoms with Gasteiger partial charge in [-0.05, 0) is 84.7 Å². The molecule has 0 fully saturated rings. The number of esters is 1. The van der Waals surface area contributed by atoms with Crippen molar-refractivity contribution in [2.75, 3.05) is 6.61 Å². The molecule has 3 aromatic rings. The highest BCUT2D eigenvalue weighted by Crippen LogP contribution is 2.40. The zero-order chi connectivity index (χ0) is 26.3. The summed E-state index contributed by atoms with van der Waals surface area (Å²) < 4.78 is 23.3. The first-order valence-electron chi connectivity index (χ1n) is 12.0. The average molecular weight is 491 g/mol. The summed E-state index contributed by atoms with van der Waals surface area (Å²) in [7, 11) is 0. The summed E-state index contributed by atoms with van der Waals surface area (Å²) in [6.07, 6.45) is 5.97. The Morgan fingerprint density at radius 3 is 2.33 bits per heavy atom. The van der Waals surface area contributed by atoms with Gasteiger partial charge in [0, 0.05) is 0 Å². The highest BCUT2D eigenvalue weighted by molar-refractivity contribution is 5.95. The first kappa shape index (κ1) is 26.8. The molecule has 0 amide bonds. The van der Waals surface area contributed by atoms with Crippen molar-refractivity contribution in [3.8, 4) is 17.2 Å². The maximum absolute atomic E-state index is 12.9. The van der Waals surface area contributed by atoms with Gasteiger partial charge in [0.2, 0.25) is 0 Å². The number of allylic oxidation sites excluding steroid dienone is 3. The van der Waals surface area contributed by atoms with E-state index in [1.165, 1.54) is 5.57 Å². The topological polar surface area (TPSA) is 75.0 Å². The molecule has 0 aliphatic carbocycles. The maximum atomic E-state index is 12.9. The molecular formula is C30H34O6. The second kappa shape index (κ2) is 11.8. The predicted molar refractivity (Wildman–Crippen MR) is 142 cm³/mol. The number of ether oxygens (including phenoxy) is 3. The normalized spacial score (nSPS) is 11.8. The Morgan fingerprint density at radius 1 is 0.944 bits per heavy atom. The minimum Gasteiger partial charge on any atom is -0.487 e. The molecule has 1 aromatic heterocycles. The molecule has 6 nitrogen and oxygen atoms in total. The Kier molecular flexibility index (Phi) is 8.75. The number of hydrogen-bond acceptors (Lipinski definition) is 6. The molecule has 2 aromatic carbocycles. The van der Waals surface area contributed by atoms with Gasteiger partial charge in [-0.3, -0.25) is 0 Å². The zero-order valence-electron chi connectivity index (χ0n) is 21.8. The van der Waals surface area contributed by atoms with Crippen LogP contribution < -0.4 is 19.8 Å². The van der Waals surface area contributed by atoms with Crippen LogP contribution in [-0.2, 0) is 0 Å². The minimum absolute atomic E-state index is 0.110. The summed E-state index contributed by atoms with van der Waals surface area (Å²) in [5.41, 5.74) is 1.67. The molecule has 36 heavy (non-hydrogen) atoms. The van der Waals surface area contributed by atoms with Crippen molar-refractivity contribution in [1.82, 2.24) is 0 Å². The Morgan fingerprint density at radius 2 is 1.67 bits per heavy atom. The van der Waals surface area contributed by atoms with Gasteiger partial charge in [-0.15, -0.1) is 0 Å². The number of carbonyl (C=O) groups is 1. The monoisotopic (exact) mass is 490 g/mol. The van der Waals surface area contributed by atoms with Crippen molar-refractivity contribution < 1.29 is 23.4 Å². The van der Waals surface area contributed by atoms with Crippen LogP contribution in [-0.4, -0.2) is 18.2 Å². The zero-order valence-corrected chi connectivity index (χ0v) is 21.8. The van der Waals surface area contributed by atoms with Crippen molar-refractivity contribution in [3.05, 3.63) is 87.8 Å². The van der Waals surface area contributed by atoms with Crippen molar-refractivity contribution in [2.45, 2.75) is 60.0 Å². The predicted octanol–water partition coefficient (Wildman–Crippen LogP) is 7.26. The standard InChI is InChI=1S/C30H34O6/c1-20(2)12-10-13-21(3)18-19-33-26-25-23(16-11-17-24(25)36-30(4,5)6)34-29(32)27(26)35-28(31)22-14-8-7-9-15-22/h7-9,11-12,14-18H,10,13,19H2,1-6H3. The molecule has 6 heteroatoms. The minimum atomic E-state index is -0.807. The molecule has 0 N–H and O–H groups in total. The van der Waals surface area contributed by atoms with Crippen LogP contribution in [0.2, 0.25) is 0 Å². The summed E-state index contributed by atoms with van der Waals surface area (Å²) >= 11 is 0. The number of fused-ring (bicyclic) bond motifs is 1. The number of carbonyl (C=O) groups excluding carboxylic acids is 1. The summed E-state index contributed by atoms with van der Waals surface area (Å²) in [5.74, 6) is -0.426. The van der Waals surface area contributed by atoms with Gasteiger partial charge in [0.15, 0.2) is 5.75 Å². The van der Waals surface area contributed by atoms with Gasteiger partial charge in [-0.2, -0.15) is 0 Å². The molecule has 3 rings (SSSR count). The molecule has 0 saturated heterocycles. The molecule has 190 valence electrons. The first-order valence-corrected chi connectivity index (χ1v) is 12.0. The molecule has 0 bridgehead atoms. The SMILES string of the molecule is CC(C)=CCCC(C)=CCOc1c(OC(=O)c2ccccc2)c(=O)oc2cccc(OC(C)(C)C)c12. The third kappa shape index (κ3) is 7.35. The average Bonchev–Trinajstić information content (AvgIpc) is 2.80. The van der Waals surface area contributed by atoms with E-state index >= 15 is 0 Å². The van der Waals surface area contributed by atoms with E-state index in [0.717, 1.165) is 18.4 Å². The van der Waals surface area contributed by atoms with Crippen LogP contribution in [0.4, 0.5) is 0 Å². The molecule has 0 atom stereocenters. The largest absolute Gasteiger partial charge is 0.487 e. The van der Waals surface area contributed by atoms with Crippen LogP contribution in [0.25, 0.3) is 11.0 Å². The van der Waals surface area contributed by atoms with E-state index < -0.39 is 17.2 Å². The number of hydrogen-bond donors (Lipinski definition) is 0. The molecule has 0 unspecified atom stereocenters. The lowest BCUT2D eigenvalue weighted by molar-refractivity contribution is 0.0722. The summed E-state index contributed by atoms with van der Waals surface area (Å²) in [6.45, 7) is 12.1. The van der Waals surface area contributed by atoms with E-state index in [9.17, 15) is 9.59 Å². The van der Waals surface area contributed by atoms with E-state index in [1.807, 2.05) is 33.8 Å². The first-order chi connectivity index (χ1) is 17.0. The molecule has 0 spiro atoms. The second-order valence-corrected chi connectivity index (χ2v) is 9.83. The third-order valence-electron chi connectivity index (χ3n) is 5.18. The fraction of sp³-hybridized carbons (Fsp3) is 0.333. The Labute approximate surface area is 212 Å². The van der Waals surface area contributed by atoms with Crippen molar-refractivity contribution >= 4 is 16.9 Å². The van der Waals surface area contributed by atoms with Gasteiger partial charge in [0.25, 0.3) is 5.75 Å². The second-order valence-electron chi connectivity index (χ2n) is 9.83. The Hall–Kier alpha value is -3.80. The number of benzene rings is 2. The van der Waals surface area contributed by atoms with Gasteiger partial charge in [-0.25, -0.2) is 9.59 Å². The van der Waals surface area contributed by atoms with Crippen LogP contribution in [0.1, 0.15) is 64.7 Å². The highest BCUT2D eigenvalue weighted by atomic mass is 16.6. The molecular weight excluding hydrogens is 456 g/mol. The quantitative estimate of drug-likeness (QED) is 0.178. The third-order valence-corrected chi connectivity index (χ3v) is 5.18. The maximum Gasteiger partial charge on any atom is 0.383 e. The van der Waals surface area contributed by atoms with E-state index in [0.29, 0.717) is 16.7 Å². The molecule has 1 heterocycles. The van der Waals surface area contributed by atoms with E-state index in [1.54, 1.807) is 48.5 Å². The lowest BCUT2D eigenvalue weighted by atomic mass is 10.1. The summed E-state index contributed by atoms with van der Waals surface area (Å²) in [4.78, 5) is 25.7. The lowest BCUT2D eigenvalue weighted by Gasteiger charge is -2.23. The fourth-order valence-electron chi connectivity index (χ4n) is 3.50. The molecule has 0 saturated carbocycles. The van der Waals surface area contributed by atoms with Crippen molar-refractivity contribution in [1.29, 1.82) is 0 Å². The van der Waals surface area contributed by atoms with Crippen LogP contribution in [0.3, 0.4) is 0 Å². The number of rotatable bonds is 9. The van der Waals surface area contributed by atoms with Crippen LogP contribution in [0.15, 0.2) is 81.0 Å². The van der Waals surface area contributed by atoms with E-state index in [2.05, 4.69) is 19.9 Å². The van der Waals surface area contributed by atoms with Gasteiger partial charge in [-0.1, -0.05) is 41.5 Å². The van der Waals surface area contributed by atoms with Gasteiger partial charge < -0.3 is 18.6 Å². The summed E-state index contributed by atoms with van der Waals surface area (Å²) in [5, 5.41) is 0.429. The Bertz CT molecular complexity index is 1320. The van der Waals surface area contributed by atoms with E-state index in [4.69, 9.17) is 18.6 Å². The van der Waals surface area contributed by atoms with Crippen molar-refractivity contribution in [2.24, 2.45) is 0 Å². The van der Waals surface area contributed by atoms with Crippen molar-refractivity contribution in [3.63, 3.8) is 0 Å². The van der Waals surface area contributed by atoms with Gasteiger partial charge >= 0.3 is 11.6 Å². The van der Waals surface area contributed by atoms with E-state index in [-0.39, 0.29) is 23.7 Å². The molecule has 0 radical (unpaired) electrons. The van der Waals surface area contributed by atoms with Crippen LogP contribution in [0, 0.1) is 0 Å².